The number of ether oxygens (including phenoxy) is 1. The van der Waals surface area contributed by atoms with Crippen LogP contribution in [-0.2, 0) is 15.3 Å². The molecule has 43 heavy (non-hydrogen) atoms. The lowest BCUT2D eigenvalue weighted by Gasteiger charge is -2.46. The summed E-state index contributed by atoms with van der Waals surface area (Å²) >= 11 is 5.94. The van der Waals surface area contributed by atoms with Crippen LogP contribution in [0.4, 0.5) is 8.78 Å². The Labute approximate surface area is 256 Å². The molecule has 12 heteroatoms. The first-order chi connectivity index (χ1) is 20.6. The SMILES string of the molecule is CCOC1(c2cccnc2)C=CC(N2CCN(C(=O)c3ccc(Cl)cc3C(F)F)C[C@H]2CC)=C(C(=O)NCCN(C)C)N1. The number of halogens is 3. The fourth-order valence-corrected chi connectivity index (χ4v) is 5.58. The van der Waals surface area contributed by atoms with Crippen LogP contribution in [-0.4, -0.2) is 91.0 Å². The quantitative estimate of drug-likeness (QED) is 0.392. The number of benzene rings is 1. The molecule has 0 saturated carbocycles. The standard InChI is InChI=1S/C31H39ClF2N6O3/c1-5-23-20-39(30(42)24-10-9-22(32)18-25(24)28(33)34)16-17-40(23)26-11-12-31(43-6-2,21-8-7-13-35-19-21)37-27(26)29(41)36-14-15-38(3)4/h7-13,18-19,23,28,37H,5-6,14-17,20H2,1-4H3,(H,36,41)/t23-,31?/m1/s1. The first-order valence-corrected chi connectivity index (χ1v) is 14.8. The third kappa shape index (κ3) is 7.34. The number of dihydropyridines is 1. The Morgan fingerprint density at radius 2 is 2.05 bits per heavy atom. The molecule has 2 aliphatic heterocycles. The highest BCUT2D eigenvalue weighted by Crippen LogP contribution is 2.34. The van der Waals surface area contributed by atoms with Crippen LogP contribution in [0.5, 0.6) is 0 Å². The summed E-state index contributed by atoms with van der Waals surface area (Å²) in [6, 6.07) is 7.47. The van der Waals surface area contributed by atoms with Crippen LogP contribution in [0, 0.1) is 0 Å². The molecule has 1 unspecified atom stereocenters. The van der Waals surface area contributed by atoms with Gasteiger partial charge in [-0.3, -0.25) is 14.6 Å². The summed E-state index contributed by atoms with van der Waals surface area (Å²) in [5, 5.41) is 6.54. The van der Waals surface area contributed by atoms with Gasteiger partial charge in [0.1, 0.15) is 5.70 Å². The van der Waals surface area contributed by atoms with Gasteiger partial charge in [0.05, 0.1) is 5.70 Å². The van der Waals surface area contributed by atoms with E-state index in [0.717, 1.165) is 11.6 Å². The molecule has 1 aromatic carbocycles. The third-order valence-electron chi connectivity index (χ3n) is 7.61. The predicted molar refractivity (Wildman–Crippen MR) is 162 cm³/mol. The number of alkyl halides is 2. The maximum absolute atomic E-state index is 13.8. The van der Waals surface area contributed by atoms with Gasteiger partial charge in [0.25, 0.3) is 18.2 Å². The second-order valence-corrected chi connectivity index (χ2v) is 11.2. The van der Waals surface area contributed by atoms with E-state index >= 15 is 0 Å². The zero-order chi connectivity index (χ0) is 31.1. The van der Waals surface area contributed by atoms with Crippen molar-refractivity contribution in [3.8, 4) is 0 Å². The number of amides is 2. The summed E-state index contributed by atoms with van der Waals surface area (Å²) in [5.41, 5.74) is 0.204. The smallest absolute Gasteiger partial charge is 0.269 e. The molecule has 0 bridgehead atoms. The predicted octanol–water partition coefficient (Wildman–Crippen LogP) is 4.15. The van der Waals surface area contributed by atoms with Gasteiger partial charge in [-0.15, -0.1) is 0 Å². The Bertz CT molecular complexity index is 1360. The fraction of sp³-hybridized carbons (Fsp3) is 0.452. The third-order valence-corrected chi connectivity index (χ3v) is 7.84. The van der Waals surface area contributed by atoms with Crippen LogP contribution in [0.2, 0.25) is 5.02 Å². The van der Waals surface area contributed by atoms with Crippen LogP contribution < -0.4 is 10.6 Å². The molecule has 1 aromatic heterocycles. The van der Waals surface area contributed by atoms with Gasteiger partial charge in [-0.25, -0.2) is 8.78 Å². The van der Waals surface area contributed by atoms with Crippen molar-refractivity contribution in [1.82, 2.24) is 30.3 Å². The zero-order valence-electron chi connectivity index (χ0n) is 24.9. The molecule has 1 saturated heterocycles. The van der Waals surface area contributed by atoms with Crippen LogP contribution >= 0.6 is 11.6 Å². The fourth-order valence-electron chi connectivity index (χ4n) is 5.40. The van der Waals surface area contributed by atoms with Crippen molar-refractivity contribution in [3.63, 3.8) is 0 Å². The number of carbonyl (C=O) groups is 2. The van der Waals surface area contributed by atoms with Crippen LogP contribution in [0.3, 0.4) is 0 Å². The Morgan fingerprint density at radius 1 is 1.26 bits per heavy atom. The molecule has 2 aliphatic rings. The van der Waals surface area contributed by atoms with E-state index in [1.807, 2.05) is 57.1 Å². The summed E-state index contributed by atoms with van der Waals surface area (Å²) in [6.45, 7) is 6.33. The van der Waals surface area contributed by atoms with Gasteiger partial charge in [0.15, 0.2) is 5.72 Å². The maximum atomic E-state index is 13.8. The monoisotopic (exact) mass is 616 g/mol. The molecule has 232 valence electrons. The number of allylic oxidation sites excluding steroid dienone is 1. The van der Waals surface area contributed by atoms with Gasteiger partial charge >= 0.3 is 0 Å². The lowest BCUT2D eigenvalue weighted by molar-refractivity contribution is -0.119. The highest BCUT2D eigenvalue weighted by atomic mass is 35.5. The topological polar surface area (TPSA) is 90.0 Å². The van der Waals surface area contributed by atoms with Crippen molar-refractivity contribution in [2.24, 2.45) is 0 Å². The Balaban J connectivity index is 1.65. The van der Waals surface area contributed by atoms with Gasteiger partial charge < -0.3 is 30.1 Å². The molecule has 4 rings (SSSR count). The minimum Gasteiger partial charge on any atom is -0.363 e. The molecular weight excluding hydrogens is 578 g/mol. The van der Waals surface area contributed by atoms with E-state index in [-0.39, 0.29) is 34.6 Å². The van der Waals surface area contributed by atoms with E-state index in [1.54, 1.807) is 17.3 Å². The van der Waals surface area contributed by atoms with Gasteiger partial charge in [0, 0.05) is 79.5 Å². The molecule has 0 spiro atoms. The number of hydrogen-bond acceptors (Lipinski definition) is 7. The molecule has 2 amide bonds. The van der Waals surface area contributed by atoms with E-state index in [1.165, 1.54) is 12.1 Å². The van der Waals surface area contributed by atoms with Gasteiger partial charge in [-0.05, 0) is 63.9 Å². The summed E-state index contributed by atoms with van der Waals surface area (Å²) in [5.74, 6) is -0.754. The maximum Gasteiger partial charge on any atom is 0.269 e. The first kappa shape index (κ1) is 32.4. The van der Waals surface area contributed by atoms with Crippen molar-refractivity contribution in [1.29, 1.82) is 0 Å². The number of pyridine rings is 1. The highest BCUT2D eigenvalue weighted by molar-refractivity contribution is 6.30. The van der Waals surface area contributed by atoms with E-state index in [0.29, 0.717) is 50.6 Å². The van der Waals surface area contributed by atoms with Crippen molar-refractivity contribution >= 4 is 23.4 Å². The van der Waals surface area contributed by atoms with E-state index in [2.05, 4.69) is 20.5 Å². The van der Waals surface area contributed by atoms with Crippen LogP contribution in [0.15, 0.2) is 66.3 Å². The number of carbonyl (C=O) groups excluding carboxylic acids is 2. The second kappa shape index (κ2) is 14.3. The minimum absolute atomic E-state index is 0.0555. The number of rotatable bonds is 11. The van der Waals surface area contributed by atoms with Crippen molar-refractivity contribution in [2.45, 2.75) is 38.5 Å². The first-order valence-electron chi connectivity index (χ1n) is 14.4. The highest BCUT2D eigenvalue weighted by Gasteiger charge is 2.40. The van der Waals surface area contributed by atoms with Crippen molar-refractivity contribution < 1.29 is 23.1 Å². The zero-order valence-corrected chi connectivity index (χ0v) is 25.7. The lowest BCUT2D eigenvalue weighted by Crippen LogP contribution is -2.56. The number of nitrogens with zero attached hydrogens (tertiary/aromatic N) is 4. The summed E-state index contributed by atoms with van der Waals surface area (Å²) < 4.78 is 33.7. The molecule has 2 atom stereocenters. The second-order valence-electron chi connectivity index (χ2n) is 10.7. The van der Waals surface area contributed by atoms with E-state index in [9.17, 15) is 18.4 Å². The number of hydrogen-bond donors (Lipinski definition) is 2. The van der Waals surface area contributed by atoms with Crippen LogP contribution in [0.1, 0.15) is 48.2 Å². The number of piperazine rings is 1. The average molecular weight is 617 g/mol. The minimum atomic E-state index is -2.83. The van der Waals surface area contributed by atoms with Gasteiger partial charge in [-0.1, -0.05) is 24.6 Å². The Morgan fingerprint density at radius 3 is 2.70 bits per heavy atom. The lowest BCUT2D eigenvalue weighted by atomic mass is 9.97. The van der Waals surface area contributed by atoms with Gasteiger partial charge in [0.2, 0.25) is 0 Å². The van der Waals surface area contributed by atoms with Gasteiger partial charge in [-0.2, -0.15) is 0 Å². The normalized spacial score (nSPS) is 20.5. The van der Waals surface area contributed by atoms with Crippen LogP contribution in [0.25, 0.3) is 0 Å². The molecule has 2 N–H and O–H groups in total. The Kier molecular flexibility index (Phi) is 10.8. The molecule has 1 fully saturated rings. The summed E-state index contributed by atoms with van der Waals surface area (Å²) in [7, 11) is 3.86. The van der Waals surface area contributed by atoms with Crippen molar-refractivity contribution in [2.75, 3.05) is 53.4 Å². The largest absolute Gasteiger partial charge is 0.363 e. The molecule has 9 nitrogen and oxygen atoms in total. The van der Waals surface area contributed by atoms with E-state index in [4.69, 9.17) is 16.3 Å². The number of aromatic nitrogens is 1. The van der Waals surface area contributed by atoms with E-state index < -0.39 is 18.1 Å². The Hall–Kier alpha value is -3.54. The molecule has 0 aliphatic carbocycles. The average Bonchev–Trinajstić information content (AvgIpc) is 3.00. The summed E-state index contributed by atoms with van der Waals surface area (Å²) in [6.07, 6.45) is 4.96. The summed E-state index contributed by atoms with van der Waals surface area (Å²) in [4.78, 5) is 37.1. The van der Waals surface area contributed by atoms with Crippen molar-refractivity contribution in [3.05, 3.63) is 88.0 Å². The molecule has 2 aromatic rings. The molecule has 3 heterocycles. The number of nitrogens with one attached hydrogen (secondary N) is 2. The molecular formula is C31H39ClF2N6O3. The number of likely N-dealkylation sites (N-methyl/N-ethyl adjacent to an activating group) is 1. The molecule has 0 radical (unpaired) electrons.